The summed E-state index contributed by atoms with van der Waals surface area (Å²) in [7, 11) is 0. The molecule has 0 amide bonds. The minimum absolute atomic E-state index is 0.283. The average Bonchev–Trinajstić information content (AvgIpc) is 2.82. The van der Waals surface area contributed by atoms with Crippen molar-refractivity contribution < 1.29 is 8.78 Å². The lowest BCUT2D eigenvalue weighted by atomic mass is 10.1. The molecule has 1 unspecified atom stereocenters. The van der Waals surface area contributed by atoms with Crippen LogP contribution in [0.4, 0.5) is 8.78 Å². The summed E-state index contributed by atoms with van der Waals surface area (Å²) in [4.78, 5) is 4.44. The lowest BCUT2D eigenvalue weighted by Crippen LogP contribution is -2.04. The fourth-order valence-corrected chi connectivity index (χ4v) is 2.61. The third-order valence-corrected chi connectivity index (χ3v) is 3.70. The van der Waals surface area contributed by atoms with Gasteiger partial charge in [0.15, 0.2) is 11.6 Å². The van der Waals surface area contributed by atoms with E-state index in [-0.39, 0.29) is 5.92 Å². The number of hydrogen-bond acceptors (Lipinski definition) is 3. The Morgan fingerprint density at radius 1 is 1.33 bits per heavy atom. The Morgan fingerprint density at radius 3 is 2.78 bits per heavy atom. The molecule has 1 aromatic heterocycles. The summed E-state index contributed by atoms with van der Waals surface area (Å²) >= 11 is 1.43. The van der Waals surface area contributed by atoms with Crippen LogP contribution in [0.1, 0.15) is 25.0 Å². The predicted octanol–water partition coefficient (Wildman–Crippen LogP) is 3.54. The molecule has 2 N–H and O–H groups in total. The highest BCUT2D eigenvalue weighted by Crippen LogP contribution is 2.28. The van der Waals surface area contributed by atoms with Gasteiger partial charge in [0.25, 0.3) is 0 Å². The van der Waals surface area contributed by atoms with Gasteiger partial charge in [0, 0.05) is 16.9 Å². The first-order valence-corrected chi connectivity index (χ1v) is 6.60. The van der Waals surface area contributed by atoms with Crippen LogP contribution < -0.4 is 5.73 Å². The lowest BCUT2D eigenvalue weighted by Gasteiger charge is -2.05. The molecule has 0 bridgehead atoms. The standard InChI is InChI=1S/C13H14F2N2S/c1-8(4-5-16)12-7-18-13(17-12)9-2-3-10(14)11(15)6-9/h2-3,6-8H,4-5,16H2,1H3. The fourth-order valence-electron chi connectivity index (χ4n) is 1.67. The number of nitrogens with zero attached hydrogens (tertiary/aromatic N) is 1. The zero-order valence-electron chi connectivity index (χ0n) is 9.99. The molecule has 0 saturated carbocycles. The van der Waals surface area contributed by atoms with Crippen LogP contribution in [0.25, 0.3) is 10.6 Å². The van der Waals surface area contributed by atoms with Crippen molar-refractivity contribution in [1.29, 1.82) is 0 Å². The quantitative estimate of drug-likeness (QED) is 0.921. The van der Waals surface area contributed by atoms with E-state index in [1.54, 1.807) is 0 Å². The maximum Gasteiger partial charge on any atom is 0.159 e. The Balaban J connectivity index is 2.26. The molecule has 2 aromatic rings. The number of halogens is 2. The second-order valence-electron chi connectivity index (χ2n) is 4.18. The molecule has 0 fully saturated rings. The molecule has 1 atom stereocenters. The lowest BCUT2D eigenvalue weighted by molar-refractivity contribution is 0.509. The molecule has 1 aromatic carbocycles. The maximum absolute atomic E-state index is 13.1. The summed E-state index contributed by atoms with van der Waals surface area (Å²) in [6, 6.07) is 3.83. The Bertz CT molecular complexity index is 540. The molecule has 96 valence electrons. The van der Waals surface area contributed by atoms with E-state index in [4.69, 9.17) is 5.73 Å². The summed E-state index contributed by atoms with van der Waals surface area (Å²) in [5.74, 6) is -1.41. The minimum Gasteiger partial charge on any atom is -0.330 e. The van der Waals surface area contributed by atoms with E-state index < -0.39 is 11.6 Å². The monoisotopic (exact) mass is 268 g/mol. The van der Waals surface area contributed by atoms with Crippen molar-refractivity contribution in [3.8, 4) is 10.6 Å². The molecule has 0 spiro atoms. The fraction of sp³-hybridized carbons (Fsp3) is 0.308. The SMILES string of the molecule is CC(CCN)c1csc(-c2ccc(F)c(F)c2)n1. The van der Waals surface area contributed by atoms with Gasteiger partial charge in [0.1, 0.15) is 5.01 Å². The highest BCUT2D eigenvalue weighted by atomic mass is 32.1. The van der Waals surface area contributed by atoms with Crippen LogP contribution in [-0.2, 0) is 0 Å². The van der Waals surface area contributed by atoms with Crippen molar-refractivity contribution in [3.63, 3.8) is 0 Å². The van der Waals surface area contributed by atoms with Crippen LogP contribution in [0.15, 0.2) is 23.6 Å². The van der Waals surface area contributed by atoms with Gasteiger partial charge in [0.05, 0.1) is 5.69 Å². The normalized spacial score (nSPS) is 12.7. The van der Waals surface area contributed by atoms with E-state index in [0.717, 1.165) is 18.2 Å². The molecular formula is C13H14F2N2S. The second-order valence-corrected chi connectivity index (χ2v) is 5.04. The van der Waals surface area contributed by atoms with Gasteiger partial charge in [-0.25, -0.2) is 13.8 Å². The van der Waals surface area contributed by atoms with E-state index in [9.17, 15) is 8.78 Å². The topological polar surface area (TPSA) is 38.9 Å². The number of thiazole rings is 1. The molecule has 0 radical (unpaired) electrons. The third-order valence-electron chi connectivity index (χ3n) is 2.79. The Morgan fingerprint density at radius 2 is 2.11 bits per heavy atom. The van der Waals surface area contributed by atoms with Crippen LogP contribution >= 0.6 is 11.3 Å². The van der Waals surface area contributed by atoms with Gasteiger partial charge in [-0.3, -0.25) is 0 Å². The Labute approximate surface area is 108 Å². The molecule has 0 aliphatic rings. The van der Waals surface area contributed by atoms with Crippen molar-refractivity contribution in [3.05, 3.63) is 40.9 Å². The molecule has 18 heavy (non-hydrogen) atoms. The largest absolute Gasteiger partial charge is 0.330 e. The van der Waals surface area contributed by atoms with Crippen LogP contribution in [0.2, 0.25) is 0 Å². The molecule has 0 aliphatic carbocycles. The van der Waals surface area contributed by atoms with E-state index in [1.807, 2.05) is 5.38 Å². The summed E-state index contributed by atoms with van der Waals surface area (Å²) in [6.45, 7) is 2.66. The van der Waals surface area contributed by atoms with Gasteiger partial charge < -0.3 is 5.73 Å². The molecule has 2 rings (SSSR count). The average molecular weight is 268 g/mol. The summed E-state index contributed by atoms with van der Waals surface area (Å²) in [5.41, 5.74) is 7.06. The number of hydrogen-bond donors (Lipinski definition) is 1. The van der Waals surface area contributed by atoms with Crippen molar-refractivity contribution in [2.45, 2.75) is 19.3 Å². The van der Waals surface area contributed by atoms with Crippen molar-refractivity contribution in [1.82, 2.24) is 4.98 Å². The van der Waals surface area contributed by atoms with Crippen LogP contribution in [0.3, 0.4) is 0 Å². The van der Waals surface area contributed by atoms with E-state index >= 15 is 0 Å². The highest BCUT2D eigenvalue weighted by molar-refractivity contribution is 7.13. The van der Waals surface area contributed by atoms with Crippen molar-refractivity contribution >= 4 is 11.3 Å². The number of nitrogens with two attached hydrogens (primary N) is 1. The van der Waals surface area contributed by atoms with Gasteiger partial charge in [-0.2, -0.15) is 0 Å². The molecule has 1 heterocycles. The Kier molecular flexibility index (Phi) is 4.04. The van der Waals surface area contributed by atoms with Crippen LogP contribution in [0, 0.1) is 11.6 Å². The first-order chi connectivity index (χ1) is 8.61. The smallest absolute Gasteiger partial charge is 0.159 e. The van der Waals surface area contributed by atoms with Gasteiger partial charge in [-0.15, -0.1) is 11.3 Å². The predicted molar refractivity (Wildman–Crippen MR) is 69.6 cm³/mol. The zero-order valence-corrected chi connectivity index (χ0v) is 10.8. The van der Waals surface area contributed by atoms with Gasteiger partial charge in [-0.1, -0.05) is 6.92 Å². The van der Waals surface area contributed by atoms with E-state index in [2.05, 4.69) is 11.9 Å². The van der Waals surface area contributed by atoms with Crippen molar-refractivity contribution in [2.24, 2.45) is 5.73 Å². The van der Waals surface area contributed by atoms with Crippen LogP contribution in [0.5, 0.6) is 0 Å². The molecule has 0 saturated heterocycles. The van der Waals surface area contributed by atoms with Gasteiger partial charge in [0.2, 0.25) is 0 Å². The molecule has 5 heteroatoms. The van der Waals surface area contributed by atoms with Crippen molar-refractivity contribution in [2.75, 3.05) is 6.54 Å². The molecule has 0 aliphatic heterocycles. The first-order valence-electron chi connectivity index (χ1n) is 5.72. The van der Waals surface area contributed by atoms with E-state index in [0.29, 0.717) is 17.1 Å². The van der Waals surface area contributed by atoms with Gasteiger partial charge >= 0.3 is 0 Å². The third kappa shape index (κ3) is 2.73. The highest BCUT2D eigenvalue weighted by Gasteiger charge is 2.12. The summed E-state index contributed by atoms with van der Waals surface area (Å²) in [5, 5.41) is 2.64. The molecular weight excluding hydrogens is 254 g/mol. The van der Waals surface area contributed by atoms with Crippen LogP contribution in [-0.4, -0.2) is 11.5 Å². The number of benzene rings is 1. The van der Waals surface area contributed by atoms with E-state index in [1.165, 1.54) is 23.5 Å². The molecule has 2 nitrogen and oxygen atoms in total. The maximum atomic E-state index is 13.1. The van der Waals surface area contributed by atoms with Gasteiger partial charge in [-0.05, 0) is 31.2 Å². The Hall–Kier alpha value is -1.33. The number of aromatic nitrogens is 1. The first kappa shape index (κ1) is 13.1. The minimum atomic E-state index is -0.848. The number of rotatable bonds is 4. The summed E-state index contributed by atoms with van der Waals surface area (Å²) in [6.07, 6.45) is 0.862. The second kappa shape index (κ2) is 5.54. The zero-order chi connectivity index (χ0) is 13.1. The summed E-state index contributed by atoms with van der Waals surface area (Å²) < 4.78 is 26.0.